The van der Waals surface area contributed by atoms with Gasteiger partial charge in [-0.3, -0.25) is 9.40 Å². The van der Waals surface area contributed by atoms with Gasteiger partial charge in [0.1, 0.15) is 0 Å². The van der Waals surface area contributed by atoms with Crippen LogP contribution >= 0.6 is 11.6 Å². The molecule has 0 amide bonds. The Morgan fingerprint density at radius 1 is 1.39 bits per heavy atom. The summed E-state index contributed by atoms with van der Waals surface area (Å²) < 4.78 is 27.8. The second-order valence-electron chi connectivity index (χ2n) is 3.63. The molecule has 0 unspecified atom stereocenters. The Balaban J connectivity index is 2.40. The van der Waals surface area contributed by atoms with E-state index in [0.29, 0.717) is 10.7 Å². The molecule has 0 spiro atoms. The smallest absolute Gasteiger partial charge is 0.279 e. The predicted molar refractivity (Wildman–Crippen MR) is 69.9 cm³/mol. The highest BCUT2D eigenvalue weighted by atomic mass is 35.5. The third-order valence-electron chi connectivity index (χ3n) is 2.31. The molecule has 0 radical (unpaired) electrons. The number of aromatic nitrogens is 2. The van der Waals surface area contributed by atoms with E-state index in [1.807, 2.05) is 0 Å². The molecule has 0 bridgehead atoms. The first-order valence-electron chi connectivity index (χ1n) is 4.96. The molecule has 1 aromatic carbocycles. The Hall–Kier alpha value is -1.73. The fourth-order valence-electron chi connectivity index (χ4n) is 1.44. The van der Waals surface area contributed by atoms with E-state index in [9.17, 15) is 8.42 Å². The van der Waals surface area contributed by atoms with Crippen molar-refractivity contribution in [3.63, 3.8) is 0 Å². The summed E-state index contributed by atoms with van der Waals surface area (Å²) in [6, 6.07) is 5.95. The number of nitrogens with two attached hydrogens (primary N) is 1. The number of sulfonamides is 1. The summed E-state index contributed by atoms with van der Waals surface area (Å²) in [5.74, 6) is 0. The minimum atomic E-state index is -3.73. The number of aryl methyl sites for hydroxylation is 1. The number of anilines is 2. The molecule has 1 heterocycles. The van der Waals surface area contributed by atoms with Crippen molar-refractivity contribution in [1.29, 1.82) is 0 Å². The van der Waals surface area contributed by atoms with E-state index in [1.165, 1.54) is 36.1 Å². The maximum absolute atomic E-state index is 12.1. The lowest BCUT2D eigenvalue weighted by molar-refractivity contribution is 0.582. The first-order chi connectivity index (χ1) is 8.40. The van der Waals surface area contributed by atoms with E-state index in [-0.39, 0.29) is 10.7 Å². The fourth-order valence-corrected chi connectivity index (χ4v) is 2.82. The van der Waals surface area contributed by atoms with Gasteiger partial charge in [0.25, 0.3) is 10.0 Å². The monoisotopic (exact) mass is 286 g/mol. The van der Waals surface area contributed by atoms with Crippen LogP contribution in [0, 0.1) is 0 Å². The van der Waals surface area contributed by atoms with E-state index in [4.69, 9.17) is 17.3 Å². The Morgan fingerprint density at radius 2 is 2.11 bits per heavy atom. The number of nitrogens with zero attached hydrogens (tertiary/aromatic N) is 2. The van der Waals surface area contributed by atoms with Crippen LogP contribution in [0.2, 0.25) is 5.02 Å². The highest BCUT2D eigenvalue weighted by Crippen LogP contribution is 2.25. The second-order valence-corrected chi connectivity index (χ2v) is 5.70. The molecule has 0 aliphatic carbocycles. The van der Waals surface area contributed by atoms with Crippen LogP contribution < -0.4 is 10.5 Å². The van der Waals surface area contributed by atoms with Gasteiger partial charge >= 0.3 is 0 Å². The first-order valence-corrected chi connectivity index (χ1v) is 6.82. The molecule has 1 aromatic heterocycles. The van der Waals surface area contributed by atoms with Crippen LogP contribution in [-0.4, -0.2) is 18.2 Å². The highest BCUT2D eigenvalue weighted by Gasteiger charge is 2.19. The maximum Gasteiger partial charge on any atom is 0.279 e. The van der Waals surface area contributed by atoms with E-state index >= 15 is 0 Å². The molecule has 0 fully saturated rings. The summed E-state index contributed by atoms with van der Waals surface area (Å²) in [5, 5.41) is 4.24. The minimum Gasteiger partial charge on any atom is -0.397 e. The van der Waals surface area contributed by atoms with E-state index in [2.05, 4.69) is 9.82 Å². The van der Waals surface area contributed by atoms with Gasteiger partial charge in [0.2, 0.25) is 0 Å². The molecule has 2 rings (SSSR count). The van der Waals surface area contributed by atoms with Gasteiger partial charge < -0.3 is 5.73 Å². The molecule has 8 heteroatoms. The maximum atomic E-state index is 12.1. The summed E-state index contributed by atoms with van der Waals surface area (Å²) in [6.07, 6.45) is 1.40. The molecule has 0 saturated carbocycles. The second kappa shape index (κ2) is 4.51. The molecule has 6 nitrogen and oxygen atoms in total. The quantitative estimate of drug-likeness (QED) is 0.836. The topological polar surface area (TPSA) is 90.0 Å². The van der Waals surface area contributed by atoms with Crippen molar-refractivity contribution in [2.75, 3.05) is 10.5 Å². The van der Waals surface area contributed by atoms with Gasteiger partial charge in [-0.1, -0.05) is 11.6 Å². The average molecular weight is 287 g/mol. The van der Waals surface area contributed by atoms with Crippen molar-refractivity contribution < 1.29 is 8.42 Å². The molecule has 0 saturated heterocycles. The highest BCUT2D eigenvalue weighted by molar-refractivity contribution is 7.92. The van der Waals surface area contributed by atoms with E-state index in [1.54, 1.807) is 6.07 Å². The van der Waals surface area contributed by atoms with Crippen LogP contribution in [0.25, 0.3) is 0 Å². The van der Waals surface area contributed by atoms with Crippen LogP contribution in [0.4, 0.5) is 11.4 Å². The van der Waals surface area contributed by atoms with Crippen molar-refractivity contribution in [1.82, 2.24) is 9.78 Å². The lowest BCUT2D eigenvalue weighted by atomic mass is 10.3. The standard InChI is InChI=1S/C10H11ClN4O2S/c1-15-10(4-5-13-15)18(16,17)14-9-6-7(11)2-3-8(9)12/h2-6,14H,12H2,1H3. The Morgan fingerprint density at radius 3 is 2.72 bits per heavy atom. The van der Waals surface area contributed by atoms with Crippen molar-refractivity contribution in [2.24, 2.45) is 7.05 Å². The van der Waals surface area contributed by atoms with Crippen LogP contribution in [0.5, 0.6) is 0 Å². The zero-order chi connectivity index (χ0) is 13.3. The minimum absolute atomic E-state index is 0.0434. The first kappa shape index (κ1) is 12.7. The van der Waals surface area contributed by atoms with Gasteiger partial charge in [0, 0.05) is 12.1 Å². The molecule has 3 N–H and O–H groups in total. The summed E-state index contributed by atoms with van der Waals surface area (Å²) in [4.78, 5) is 0. The fraction of sp³-hybridized carbons (Fsp3) is 0.100. The van der Waals surface area contributed by atoms with Crippen molar-refractivity contribution in [2.45, 2.75) is 5.03 Å². The number of halogens is 1. The largest absolute Gasteiger partial charge is 0.397 e. The van der Waals surface area contributed by atoms with Gasteiger partial charge in [-0.05, 0) is 24.3 Å². The number of nitrogen functional groups attached to an aromatic ring is 1. The number of hydrogen-bond acceptors (Lipinski definition) is 4. The van der Waals surface area contributed by atoms with Gasteiger partial charge in [-0.2, -0.15) is 13.5 Å². The van der Waals surface area contributed by atoms with Gasteiger partial charge in [-0.25, -0.2) is 0 Å². The van der Waals surface area contributed by atoms with Crippen LogP contribution in [0.3, 0.4) is 0 Å². The number of benzene rings is 1. The van der Waals surface area contributed by atoms with E-state index in [0.717, 1.165) is 0 Å². The molecule has 96 valence electrons. The van der Waals surface area contributed by atoms with Crippen LogP contribution in [0.1, 0.15) is 0 Å². The summed E-state index contributed by atoms with van der Waals surface area (Å²) in [5.41, 5.74) is 6.22. The van der Waals surface area contributed by atoms with Crippen molar-refractivity contribution in [3.8, 4) is 0 Å². The molecular weight excluding hydrogens is 276 g/mol. The Kier molecular flexibility index (Phi) is 3.18. The number of rotatable bonds is 3. The van der Waals surface area contributed by atoms with Crippen molar-refractivity contribution >= 4 is 33.0 Å². The summed E-state index contributed by atoms with van der Waals surface area (Å²) in [7, 11) is -2.19. The number of nitrogens with one attached hydrogen (secondary N) is 1. The zero-order valence-corrected chi connectivity index (χ0v) is 11.0. The van der Waals surface area contributed by atoms with Gasteiger partial charge in [0.05, 0.1) is 17.6 Å². The average Bonchev–Trinajstić information content (AvgIpc) is 2.70. The molecular formula is C10H11ClN4O2S. The lowest BCUT2D eigenvalue weighted by Crippen LogP contribution is -2.17. The van der Waals surface area contributed by atoms with Gasteiger partial charge in [-0.15, -0.1) is 0 Å². The number of hydrogen-bond donors (Lipinski definition) is 2. The Labute approximate surface area is 109 Å². The third kappa shape index (κ3) is 2.41. The molecule has 0 aliphatic heterocycles. The SMILES string of the molecule is Cn1nccc1S(=O)(=O)Nc1cc(Cl)ccc1N. The van der Waals surface area contributed by atoms with Crippen molar-refractivity contribution in [3.05, 3.63) is 35.5 Å². The van der Waals surface area contributed by atoms with Gasteiger partial charge in [0.15, 0.2) is 5.03 Å². The van der Waals surface area contributed by atoms with Crippen LogP contribution in [0.15, 0.2) is 35.5 Å². The zero-order valence-electron chi connectivity index (χ0n) is 9.46. The normalized spacial score (nSPS) is 11.4. The third-order valence-corrected chi connectivity index (χ3v) is 3.99. The Bertz CT molecular complexity index is 681. The summed E-state index contributed by atoms with van der Waals surface area (Å²) in [6.45, 7) is 0. The summed E-state index contributed by atoms with van der Waals surface area (Å²) >= 11 is 5.79. The molecule has 0 aliphatic rings. The predicted octanol–water partition coefficient (Wildman–Crippen LogP) is 1.46. The van der Waals surface area contributed by atoms with E-state index < -0.39 is 10.0 Å². The molecule has 0 atom stereocenters. The molecule has 2 aromatic rings. The molecule has 18 heavy (non-hydrogen) atoms. The van der Waals surface area contributed by atoms with Crippen LogP contribution in [-0.2, 0) is 17.1 Å². The lowest BCUT2D eigenvalue weighted by Gasteiger charge is -2.10.